The molecule has 4 rings (SSSR count). The fraction of sp³-hybridized carbons (Fsp3) is 0.429. The first-order chi connectivity index (χ1) is 8.31. The highest BCUT2D eigenvalue weighted by Crippen LogP contribution is 2.51. The van der Waals surface area contributed by atoms with Gasteiger partial charge in [-0.15, -0.1) is 0 Å². The van der Waals surface area contributed by atoms with Crippen molar-refractivity contribution in [3.8, 4) is 0 Å². The van der Waals surface area contributed by atoms with Crippen molar-refractivity contribution in [2.45, 2.75) is 37.5 Å². The summed E-state index contributed by atoms with van der Waals surface area (Å²) in [5, 5.41) is 0. The third-order valence-corrected chi connectivity index (χ3v) is 4.27. The van der Waals surface area contributed by atoms with Gasteiger partial charge in [-0.1, -0.05) is 6.42 Å². The van der Waals surface area contributed by atoms with E-state index in [0.717, 1.165) is 5.52 Å². The van der Waals surface area contributed by atoms with Gasteiger partial charge >= 0.3 is 0 Å². The van der Waals surface area contributed by atoms with Crippen molar-refractivity contribution >= 4 is 11.0 Å². The zero-order valence-electron chi connectivity index (χ0n) is 9.49. The van der Waals surface area contributed by atoms with Crippen LogP contribution in [0.5, 0.6) is 0 Å². The molecule has 0 aliphatic heterocycles. The first-order valence-electron chi connectivity index (χ1n) is 6.27. The minimum absolute atomic E-state index is 0.488. The van der Waals surface area contributed by atoms with E-state index in [1.165, 1.54) is 43.0 Å². The SMILES string of the molecule is Fc1cnc2cc3c(cc2n1)C1CCCC3C1. The van der Waals surface area contributed by atoms with Crippen LogP contribution in [0.4, 0.5) is 4.39 Å². The quantitative estimate of drug-likeness (QED) is 0.689. The van der Waals surface area contributed by atoms with Gasteiger partial charge in [-0.25, -0.2) is 9.97 Å². The average molecular weight is 228 g/mol. The van der Waals surface area contributed by atoms with E-state index in [9.17, 15) is 4.39 Å². The fourth-order valence-corrected chi connectivity index (χ4v) is 3.53. The molecule has 1 fully saturated rings. The normalized spacial score (nSPS) is 26.2. The average Bonchev–Trinajstić information content (AvgIpc) is 2.59. The summed E-state index contributed by atoms with van der Waals surface area (Å²) in [5.41, 5.74) is 4.38. The van der Waals surface area contributed by atoms with Gasteiger partial charge in [0.15, 0.2) is 0 Å². The standard InChI is InChI=1S/C14H13FN2/c15-14-7-16-12-5-10-8-2-1-3-9(4-8)11(10)6-13(12)17-14/h5-9H,1-4H2. The molecule has 86 valence electrons. The van der Waals surface area contributed by atoms with Gasteiger partial charge in [0.1, 0.15) is 0 Å². The Hall–Kier alpha value is -1.51. The lowest BCUT2D eigenvalue weighted by molar-refractivity contribution is 0.435. The number of hydrogen-bond donors (Lipinski definition) is 0. The second kappa shape index (κ2) is 3.25. The van der Waals surface area contributed by atoms with Crippen LogP contribution < -0.4 is 0 Å². The van der Waals surface area contributed by atoms with Crippen LogP contribution in [0, 0.1) is 5.95 Å². The summed E-state index contributed by atoms with van der Waals surface area (Å²) in [4.78, 5) is 8.07. The van der Waals surface area contributed by atoms with E-state index < -0.39 is 5.95 Å². The van der Waals surface area contributed by atoms with Crippen LogP contribution in [0.25, 0.3) is 11.0 Å². The summed E-state index contributed by atoms with van der Waals surface area (Å²) in [6, 6.07) is 4.20. The molecule has 1 heterocycles. The predicted molar refractivity (Wildman–Crippen MR) is 63.4 cm³/mol. The van der Waals surface area contributed by atoms with Crippen LogP contribution >= 0.6 is 0 Å². The van der Waals surface area contributed by atoms with Gasteiger partial charge in [0.25, 0.3) is 0 Å². The molecule has 2 aromatic rings. The van der Waals surface area contributed by atoms with Crippen LogP contribution in [0.3, 0.4) is 0 Å². The smallest absolute Gasteiger partial charge is 0.231 e. The minimum Gasteiger partial charge on any atom is -0.250 e. The molecule has 2 aliphatic carbocycles. The predicted octanol–water partition coefficient (Wildman–Crippen LogP) is 3.52. The van der Waals surface area contributed by atoms with Crippen molar-refractivity contribution in [3.05, 3.63) is 35.4 Å². The summed E-state index contributed by atoms with van der Waals surface area (Å²) >= 11 is 0. The molecule has 2 atom stereocenters. The number of benzene rings is 1. The number of aromatic nitrogens is 2. The van der Waals surface area contributed by atoms with Crippen LogP contribution in [0.15, 0.2) is 18.3 Å². The summed E-state index contributed by atoms with van der Waals surface area (Å²) < 4.78 is 13.1. The first-order valence-corrected chi connectivity index (χ1v) is 6.27. The number of hydrogen-bond acceptors (Lipinski definition) is 2. The highest BCUT2D eigenvalue weighted by Gasteiger charge is 2.34. The lowest BCUT2D eigenvalue weighted by atomic mass is 9.87. The van der Waals surface area contributed by atoms with Crippen molar-refractivity contribution < 1.29 is 4.39 Å². The van der Waals surface area contributed by atoms with Gasteiger partial charge in [0.2, 0.25) is 5.95 Å². The van der Waals surface area contributed by atoms with E-state index >= 15 is 0 Å². The van der Waals surface area contributed by atoms with E-state index in [1.54, 1.807) is 0 Å². The lowest BCUT2D eigenvalue weighted by Crippen LogP contribution is -2.01. The molecule has 2 bridgehead atoms. The highest BCUT2D eigenvalue weighted by molar-refractivity contribution is 5.77. The summed E-state index contributed by atoms with van der Waals surface area (Å²) in [6.45, 7) is 0. The van der Waals surface area contributed by atoms with E-state index in [-0.39, 0.29) is 0 Å². The molecular formula is C14H13FN2. The maximum absolute atomic E-state index is 13.1. The molecule has 2 aliphatic rings. The number of halogens is 1. The largest absolute Gasteiger partial charge is 0.250 e. The van der Waals surface area contributed by atoms with Gasteiger partial charge < -0.3 is 0 Å². The maximum Gasteiger partial charge on any atom is 0.231 e. The number of rotatable bonds is 0. The van der Waals surface area contributed by atoms with Crippen LogP contribution in [-0.4, -0.2) is 9.97 Å². The molecule has 1 saturated carbocycles. The molecule has 0 amide bonds. The summed E-state index contributed by atoms with van der Waals surface area (Å²) in [5.74, 6) is 0.900. The Labute approximate surface area is 98.9 Å². The Kier molecular flexibility index (Phi) is 1.82. The van der Waals surface area contributed by atoms with Gasteiger partial charge in [-0.05, 0) is 54.4 Å². The van der Waals surface area contributed by atoms with E-state index in [1.807, 2.05) is 0 Å². The molecule has 1 aromatic carbocycles. The van der Waals surface area contributed by atoms with E-state index in [2.05, 4.69) is 22.1 Å². The minimum atomic E-state index is -0.488. The van der Waals surface area contributed by atoms with Crippen molar-refractivity contribution in [2.24, 2.45) is 0 Å². The van der Waals surface area contributed by atoms with Crippen molar-refractivity contribution in [2.75, 3.05) is 0 Å². The van der Waals surface area contributed by atoms with Gasteiger partial charge in [-0.3, -0.25) is 0 Å². The molecule has 0 N–H and O–H groups in total. The molecule has 17 heavy (non-hydrogen) atoms. The second-order valence-corrected chi connectivity index (χ2v) is 5.22. The summed E-state index contributed by atoms with van der Waals surface area (Å²) in [7, 11) is 0. The Morgan fingerprint density at radius 2 is 1.76 bits per heavy atom. The highest BCUT2D eigenvalue weighted by atomic mass is 19.1. The number of fused-ring (bicyclic) bond motifs is 6. The topological polar surface area (TPSA) is 25.8 Å². The van der Waals surface area contributed by atoms with Crippen LogP contribution in [0.2, 0.25) is 0 Å². The molecule has 3 heteroatoms. The molecular weight excluding hydrogens is 215 g/mol. The maximum atomic E-state index is 13.1. The van der Waals surface area contributed by atoms with E-state index in [4.69, 9.17) is 0 Å². The first kappa shape index (κ1) is 9.51. The lowest BCUT2D eigenvalue weighted by Gasteiger charge is -2.18. The Morgan fingerprint density at radius 3 is 2.53 bits per heavy atom. The zero-order valence-corrected chi connectivity index (χ0v) is 9.49. The van der Waals surface area contributed by atoms with Crippen LogP contribution in [-0.2, 0) is 0 Å². The third-order valence-electron chi connectivity index (χ3n) is 4.27. The zero-order chi connectivity index (χ0) is 11.4. The van der Waals surface area contributed by atoms with Crippen molar-refractivity contribution in [1.29, 1.82) is 0 Å². The van der Waals surface area contributed by atoms with Gasteiger partial charge in [0, 0.05) is 0 Å². The summed E-state index contributed by atoms with van der Waals surface area (Å²) in [6.07, 6.45) is 6.36. The van der Waals surface area contributed by atoms with Crippen LogP contribution in [0.1, 0.15) is 48.6 Å². The van der Waals surface area contributed by atoms with Crippen molar-refractivity contribution in [3.63, 3.8) is 0 Å². The third kappa shape index (κ3) is 1.31. The number of nitrogens with zero attached hydrogens (tertiary/aromatic N) is 2. The molecule has 2 unspecified atom stereocenters. The second-order valence-electron chi connectivity index (χ2n) is 5.22. The molecule has 0 spiro atoms. The Morgan fingerprint density at radius 1 is 1.06 bits per heavy atom. The molecule has 2 nitrogen and oxygen atoms in total. The Balaban J connectivity index is 1.99. The fourth-order valence-electron chi connectivity index (χ4n) is 3.53. The van der Waals surface area contributed by atoms with Gasteiger partial charge in [-0.2, -0.15) is 4.39 Å². The van der Waals surface area contributed by atoms with Crippen molar-refractivity contribution in [1.82, 2.24) is 9.97 Å². The van der Waals surface area contributed by atoms with E-state index in [0.29, 0.717) is 17.4 Å². The molecule has 0 radical (unpaired) electrons. The Bertz CT molecular complexity index is 608. The van der Waals surface area contributed by atoms with Gasteiger partial charge in [0.05, 0.1) is 17.2 Å². The molecule has 1 aromatic heterocycles. The molecule has 0 saturated heterocycles. The monoisotopic (exact) mass is 228 g/mol.